The molecule has 0 heterocycles. The van der Waals surface area contributed by atoms with Crippen LogP contribution >= 0.6 is 0 Å². The van der Waals surface area contributed by atoms with E-state index in [4.69, 9.17) is 14.6 Å². The normalized spacial score (nSPS) is 14.0. The fraction of sp³-hybridized carbons (Fsp3) is 1.00. The van der Waals surface area contributed by atoms with Crippen LogP contribution in [0.25, 0.3) is 0 Å². The third-order valence-corrected chi connectivity index (χ3v) is 4.60. The summed E-state index contributed by atoms with van der Waals surface area (Å²) < 4.78 is 10.8. The Bertz CT molecular complexity index is 231. The average molecular weight is 345 g/mol. The fourth-order valence-corrected chi connectivity index (χ4v) is 3.17. The summed E-state index contributed by atoms with van der Waals surface area (Å²) in [5.41, 5.74) is 0. The highest BCUT2D eigenvalue weighted by molar-refractivity contribution is 4.59. The maximum atomic E-state index is 9.03. The second-order valence-corrected chi connectivity index (χ2v) is 7.17. The maximum absolute atomic E-state index is 9.03. The first-order chi connectivity index (χ1) is 11.7. The van der Waals surface area contributed by atoms with Gasteiger partial charge in [-0.15, -0.1) is 0 Å². The minimum Gasteiger partial charge on any atom is -0.379 e. The van der Waals surface area contributed by atoms with Crippen molar-refractivity contribution in [1.82, 2.24) is 0 Å². The van der Waals surface area contributed by atoms with Gasteiger partial charge in [0.2, 0.25) is 0 Å². The minimum absolute atomic E-state index is 0.481. The summed E-state index contributed by atoms with van der Waals surface area (Å²) in [7, 11) is 0. The largest absolute Gasteiger partial charge is 0.379 e. The van der Waals surface area contributed by atoms with Gasteiger partial charge < -0.3 is 14.6 Å². The van der Waals surface area contributed by atoms with Gasteiger partial charge in [-0.1, -0.05) is 84.5 Å². The first-order valence-electron chi connectivity index (χ1n) is 10.6. The van der Waals surface area contributed by atoms with Crippen LogP contribution in [-0.2, 0) is 9.47 Å². The second kappa shape index (κ2) is 19.2. The van der Waals surface area contributed by atoms with Gasteiger partial charge in [-0.3, -0.25) is 0 Å². The molecule has 24 heavy (non-hydrogen) atoms. The van der Waals surface area contributed by atoms with Crippen molar-refractivity contribution in [2.75, 3.05) is 19.8 Å². The van der Waals surface area contributed by atoms with Gasteiger partial charge in [0.25, 0.3) is 0 Å². The lowest BCUT2D eigenvalue weighted by molar-refractivity contribution is -0.101. The molecule has 0 aliphatic rings. The van der Waals surface area contributed by atoms with Crippen LogP contribution < -0.4 is 0 Å². The molecule has 0 aromatic heterocycles. The van der Waals surface area contributed by atoms with Gasteiger partial charge in [0.05, 0.1) is 13.2 Å². The molecule has 0 radical (unpaired) electrons. The third-order valence-electron chi connectivity index (χ3n) is 4.60. The molecular formula is C21H44O3. The lowest BCUT2D eigenvalue weighted by Gasteiger charge is -2.16. The molecule has 0 fully saturated rings. The summed E-state index contributed by atoms with van der Waals surface area (Å²) in [4.78, 5) is 0. The lowest BCUT2D eigenvalue weighted by atomic mass is 9.96. The first-order valence-corrected chi connectivity index (χ1v) is 10.6. The molecule has 2 atom stereocenters. The molecule has 0 aliphatic heterocycles. The van der Waals surface area contributed by atoms with Crippen molar-refractivity contribution in [2.45, 2.75) is 111 Å². The zero-order valence-electron chi connectivity index (χ0n) is 16.7. The molecular weight excluding hydrogens is 300 g/mol. The molecule has 2 unspecified atom stereocenters. The molecule has 1 N–H and O–H groups in total. The quantitative estimate of drug-likeness (QED) is 0.228. The summed E-state index contributed by atoms with van der Waals surface area (Å²) >= 11 is 0. The zero-order chi connectivity index (χ0) is 17.9. The molecule has 0 saturated heterocycles. The topological polar surface area (TPSA) is 38.7 Å². The number of aliphatic hydroxyl groups is 1. The van der Waals surface area contributed by atoms with E-state index in [0.717, 1.165) is 6.61 Å². The predicted molar refractivity (Wildman–Crippen MR) is 103 cm³/mol. The van der Waals surface area contributed by atoms with E-state index in [1.54, 1.807) is 6.92 Å². The predicted octanol–water partition coefficient (Wildman–Crippen LogP) is 6.09. The van der Waals surface area contributed by atoms with Crippen molar-refractivity contribution in [3.63, 3.8) is 0 Å². The fourth-order valence-electron chi connectivity index (χ4n) is 3.17. The summed E-state index contributed by atoms with van der Waals surface area (Å²) in [5.74, 6) is 0.690. The summed E-state index contributed by atoms with van der Waals surface area (Å²) in [6, 6.07) is 0. The van der Waals surface area contributed by atoms with E-state index in [0.29, 0.717) is 19.1 Å². The number of unbranched alkanes of at least 4 members (excludes halogenated alkanes) is 9. The van der Waals surface area contributed by atoms with Crippen LogP contribution in [0.2, 0.25) is 0 Å². The number of rotatable bonds is 19. The van der Waals surface area contributed by atoms with E-state index in [2.05, 4.69) is 13.8 Å². The highest BCUT2D eigenvalue weighted by Gasteiger charge is 2.08. The Hall–Kier alpha value is -0.120. The Morgan fingerprint density at radius 1 is 0.708 bits per heavy atom. The van der Waals surface area contributed by atoms with Crippen LogP contribution in [-0.4, -0.2) is 31.2 Å². The van der Waals surface area contributed by atoms with Gasteiger partial charge in [0.15, 0.2) is 6.29 Å². The van der Waals surface area contributed by atoms with Crippen molar-refractivity contribution in [3.8, 4) is 0 Å². The Morgan fingerprint density at radius 2 is 1.29 bits per heavy atom. The third kappa shape index (κ3) is 18.2. The first kappa shape index (κ1) is 23.9. The molecule has 3 nitrogen and oxygen atoms in total. The van der Waals surface area contributed by atoms with Crippen molar-refractivity contribution >= 4 is 0 Å². The average Bonchev–Trinajstić information content (AvgIpc) is 2.55. The van der Waals surface area contributed by atoms with Gasteiger partial charge in [-0.2, -0.15) is 0 Å². The van der Waals surface area contributed by atoms with Crippen LogP contribution in [0, 0.1) is 5.92 Å². The number of hydrogen-bond donors (Lipinski definition) is 1. The molecule has 0 amide bonds. The smallest absolute Gasteiger partial charge is 0.151 e. The highest BCUT2D eigenvalue weighted by atomic mass is 16.6. The van der Waals surface area contributed by atoms with E-state index in [9.17, 15) is 0 Å². The van der Waals surface area contributed by atoms with E-state index < -0.39 is 6.29 Å². The molecule has 0 spiro atoms. The highest BCUT2D eigenvalue weighted by Crippen LogP contribution is 2.18. The van der Waals surface area contributed by atoms with Crippen molar-refractivity contribution in [1.29, 1.82) is 0 Å². The van der Waals surface area contributed by atoms with Crippen LogP contribution in [0.5, 0.6) is 0 Å². The van der Waals surface area contributed by atoms with Crippen LogP contribution in [0.4, 0.5) is 0 Å². The molecule has 0 bridgehead atoms. The molecule has 0 rings (SSSR count). The molecule has 0 aliphatic carbocycles. The second-order valence-electron chi connectivity index (χ2n) is 7.17. The van der Waals surface area contributed by atoms with Crippen LogP contribution in [0.15, 0.2) is 0 Å². The lowest BCUT2D eigenvalue weighted by Crippen LogP contribution is -2.15. The van der Waals surface area contributed by atoms with Gasteiger partial charge in [0.1, 0.15) is 0 Å². The summed E-state index contributed by atoms with van der Waals surface area (Å²) in [6.45, 7) is 8.07. The van der Waals surface area contributed by atoms with Crippen molar-refractivity contribution in [2.24, 2.45) is 5.92 Å². The van der Waals surface area contributed by atoms with Crippen LogP contribution in [0.1, 0.15) is 104 Å². The van der Waals surface area contributed by atoms with Gasteiger partial charge in [0, 0.05) is 6.61 Å². The standard InChI is InChI=1S/C21H44O3/c1-4-6-7-8-9-10-11-12-13-14-16-21(15-5-2)19-23-17-18-24-20(3)22/h20-22H,4-19H2,1-3H3. The Kier molecular flexibility index (Phi) is 19.1. The Balaban J connectivity index is 3.43. The summed E-state index contributed by atoms with van der Waals surface area (Å²) in [6.07, 6.45) is 17.1. The Labute approximate surface area is 151 Å². The number of hydrogen-bond acceptors (Lipinski definition) is 3. The van der Waals surface area contributed by atoms with Gasteiger partial charge >= 0.3 is 0 Å². The number of aliphatic hydroxyl groups excluding tert-OH is 1. The molecule has 0 aromatic rings. The molecule has 146 valence electrons. The summed E-state index contributed by atoms with van der Waals surface area (Å²) in [5, 5.41) is 9.03. The van der Waals surface area contributed by atoms with Gasteiger partial charge in [-0.05, 0) is 25.7 Å². The number of ether oxygens (including phenoxy) is 2. The zero-order valence-corrected chi connectivity index (χ0v) is 16.7. The Morgan fingerprint density at radius 3 is 1.83 bits per heavy atom. The van der Waals surface area contributed by atoms with Crippen LogP contribution in [0.3, 0.4) is 0 Å². The van der Waals surface area contributed by atoms with E-state index in [1.165, 1.54) is 83.5 Å². The van der Waals surface area contributed by atoms with E-state index in [-0.39, 0.29) is 0 Å². The molecule has 3 heteroatoms. The maximum Gasteiger partial charge on any atom is 0.151 e. The monoisotopic (exact) mass is 344 g/mol. The van der Waals surface area contributed by atoms with Crippen molar-refractivity contribution in [3.05, 3.63) is 0 Å². The SMILES string of the molecule is CCCCCCCCCCCCC(CCC)COCCOC(C)O. The molecule has 0 aromatic carbocycles. The van der Waals surface area contributed by atoms with Crippen molar-refractivity contribution < 1.29 is 14.6 Å². The van der Waals surface area contributed by atoms with E-state index >= 15 is 0 Å². The van der Waals surface area contributed by atoms with Gasteiger partial charge in [-0.25, -0.2) is 0 Å². The molecule has 0 saturated carbocycles. The minimum atomic E-state index is -0.688. The van der Waals surface area contributed by atoms with E-state index in [1.807, 2.05) is 0 Å².